The number of nitro benzene ring substituents is 1. The molecule has 2 aliphatic rings. The number of fused-ring (bicyclic) bond motifs is 1. The van der Waals surface area contributed by atoms with Crippen molar-refractivity contribution in [1.82, 2.24) is 5.32 Å². The number of carboxylic acids is 1. The number of rotatable bonds is 5. The zero-order valence-corrected chi connectivity index (χ0v) is 14.9. The van der Waals surface area contributed by atoms with Crippen LogP contribution in [0.2, 0.25) is 0 Å². The van der Waals surface area contributed by atoms with E-state index in [2.05, 4.69) is 5.32 Å². The zero-order chi connectivity index (χ0) is 19.1. The molecule has 0 unspecified atom stereocenters. The quantitative estimate of drug-likeness (QED) is 0.615. The molecule has 1 aliphatic heterocycles. The molecule has 2 atom stereocenters. The summed E-state index contributed by atoms with van der Waals surface area (Å²) in [5, 5.41) is 24.0. The smallest absolute Gasteiger partial charge is 0.311 e. The maximum Gasteiger partial charge on any atom is 0.311 e. The number of hydrogen-bond donors (Lipinski definition) is 2. The molecule has 0 radical (unpaired) electrons. The van der Waals surface area contributed by atoms with Crippen LogP contribution in [0.4, 0.5) is 11.4 Å². The van der Waals surface area contributed by atoms with E-state index in [1.807, 2.05) is 13.8 Å². The van der Waals surface area contributed by atoms with Crippen LogP contribution >= 0.6 is 0 Å². The molecule has 140 valence electrons. The highest BCUT2D eigenvalue weighted by molar-refractivity contribution is 5.96. The third-order valence-corrected chi connectivity index (χ3v) is 5.49. The first-order valence-corrected chi connectivity index (χ1v) is 8.82. The number of amides is 1. The summed E-state index contributed by atoms with van der Waals surface area (Å²) in [4.78, 5) is 36.8. The van der Waals surface area contributed by atoms with Crippen LogP contribution < -0.4 is 10.2 Å². The first-order chi connectivity index (χ1) is 12.2. The van der Waals surface area contributed by atoms with Crippen molar-refractivity contribution in [2.75, 3.05) is 18.0 Å². The summed E-state index contributed by atoms with van der Waals surface area (Å²) in [6.07, 6.45) is 2.30. The molecule has 2 fully saturated rings. The maximum absolute atomic E-state index is 12.1. The molecule has 3 rings (SSSR count). The number of nitrogens with zero attached hydrogens (tertiary/aromatic N) is 2. The first-order valence-electron chi connectivity index (χ1n) is 8.82. The normalized spacial score (nSPS) is 24.6. The number of aliphatic carboxylic acids is 1. The van der Waals surface area contributed by atoms with Crippen molar-refractivity contribution < 1.29 is 19.6 Å². The molecular formula is C18H23N3O5. The number of nitro groups is 1. The Morgan fingerprint density at radius 1 is 1.42 bits per heavy atom. The van der Waals surface area contributed by atoms with Gasteiger partial charge in [-0.25, -0.2) is 0 Å². The fourth-order valence-corrected chi connectivity index (χ4v) is 4.25. The third kappa shape index (κ3) is 3.00. The van der Waals surface area contributed by atoms with Crippen molar-refractivity contribution >= 4 is 23.3 Å². The molecule has 1 aromatic carbocycles. The topological polar surface area (TPSA) is 113 Å². The first kappa shape index (κ1) is 18.2. The van der Waals surface area contributed by atoms with Gasteiger partial charge in [-0.3, -0.25) is 19.7 Å². The van der Waals surface area contributed by atoms with Crippen molar-refractivity contribution in [3.8, 4) is 0 Å². The molecule has 26 heavy (non-hydrogen) atoms. The molecule has 1 aromatic rings. The van der Waals surface area contributed by atoms with Gasteiger partial charge in [0.05, 0.1) is 10.3 Å². The molecule has 0 spiro atoms. The Labute approximate surface area is 151 Å². The number of benzene rings is 1. The van der Waals surface area contributed by atoms with Gasteiger partial charge in [0.25, 0.3) is 11.6 Å². The van der Waals surface area contributed by atoms with Crippen molar-refractivity contribution in [2.45, 2.75) is 39.2 Å². The van der Waals surface area contributed by atoms with Crippen molar-refractivity contribution in [3.63, 3.8) is 0 Å². The van der Waals surface area contributed by atoms with E-state index >= 15 is 0 Å². The van der Waals surface area contributed by atoms with E-state index in [4.69, 9.17) is 0 Å². The van der Waals surface area contributed by atoms with E-state index in [9.17, 15) is 24.8 Å². The lowest BCUT2D eigenvalue weighted by Crippen LogP contribution is -2.35. The molecule has 2 N–H and O–H groups in total. The number of hydrogen-bond acceptors (Lipinski definition) is 5. The summed E-state index contributed by atoms with van der Waals surface area (Å²) < 4.78 is 0. The lowest BCUT2D eigenvalue weighted by Gasteiger charge is -2.24. The van der Waals surface area contributed by atoms with Gasteiger partial charge in [0.1, 0.15) is 5.69 Å². The molecule has 1 saturated heterocycles. The second kappa shape index (κ2) is 6.59. The Morgan fingerprint density at radius 2 is 2.15 bits per heavy atom. The molecule has 8 heteroatoms. The highest BCUT2D eigenvalue weighted by Gasteiger charge is 2.55. The minimum Gasteiger partial charge on any atom is -0.481 e. The molecule has 0 bridgehead atoms. The number of anilines is 1. The van der Waals surface area contributed by atoms with Crippen LogP contribution in [0.3, 0.4) is 0 Å². The Morgan fingerprint density at radius 3 is 2.73 bits per heavy atom. The molecule has 1 saturated carbocycles. The van der Waals surface area contributed by atoms with Crippen LogP contribution in [-0.2, 0) is 4.79 Å². The number of carboxylic acid groups (broad SMARTS) is 1. The van der Waals surface area contributed by atoms with Gasteiger partial charge in [-0.15, -0.1) is 0 Å². The highest BCUT2D eigenvalue weighted by Crippen LogP contribution is 2.50. The van der Waals surface area contributed by atoms with E-state index in [1.165, 1.54) is 6.07 Å². The average molecular weight is 361 g/mol. The Kier molecular flexibility index (Phi) is 4.60. The van der Waals surface area contributed by atoms with Crippen LogP contribution in [0.15, 0.2) is 18.2 Å². The fraction of sp³-hybridized carbons (Fsp3) is 0.556. The predicted molar refractivity (Wildman–Crippen MR) is 95.3 cm³/mol. The summed E-state index contributed by atoms with van der Waals surface area (Å²) in [7, 11) is 0. The van der Waals surface area contributed by atoms with Crippen molar-refractivity contribution in [3.05, 3.63) is 33.9 Å². The highest BCUT2D eigenvalue weighted by atomic mass is 16.6. The lowest BCUT2D eigenvalue weighted by atomic mass is 9.81. The number of carbonyl (C=O) groups excluding carboxylic acids is 1. The van der Waals surface area contributed by atoms with Gasteiger partial charge >= 0.3 is 5.97 Å². The number of nitrogens with one attached hydrogen (secondary N) is 1. The fourth-order valence-electron chi connectivity index (χ4n) is 4.25. The van der Waals surface area contributed by atoms with Crippen LogP contribution in [-0.4, -0.2) is 41.0 Å². The Hall–Kier alpha value is -2.64. The Bertz CT molecular complexity index is 763. The van der Waals surface area contributed by atoms with Gasteiger partial charge in [-0.1, -0.05) is 6.42 Å². The zero-order valence-electron chi connectivity index (χ0n) is 14.9. The van der Waals surface area contributed by atoms with E-state index in [0.717, 1.165) is 12.8 Å². The SMILES string of the molecule is CC(C)NC(=O)c1ccc(N2C[C@@H]3CCC[C@@]3(C(=O)O)C2)c([N+](=O)[O-])c1. The van der Waals surface area contributed by atoms with Gasteiger partial charge in [0, 0.05) is 30.8 Å². The van der Waals surface area contributed by atoms with E-state index in [1.54, 1.807) is 17.0 Å². The average Bonchev–Trinajstić information content (AvgIpc) is 3.11. The van der Waals surface area contributed by atoms with Gasteiger partial charge < -0.3 is 15.3 Å². The maximum atomic E-state index is 12.1. The van der Waals surface area contributed by atoms with Gasteiger partial charge in [0.2, 0.25) is 0 Å². The molecule has 1 heterocycles. The van der Waals surface area contributed by atoms with Crippen molar-refractivity contribution in [1.29, 1.82) is 0 Å². The van der Waals surface area contributed by atoms with E-state index in [-0.39, 0.29) is 35.7 Å². The Balaban J connectivity index is 1.92. The van der Waals surface area contributed by atoms with E-state index < -0.39 is 16.3 Å². The van der Waals surface area contributed by atoms with Crippen LogP contribution in [0.25, 0.3) is 0 Å². The van der Waals surface area contributed by atoms with Crippen LogP contribution in [0, 0.1) is 21.4 Å². The summed E-state index contributed by atoms with van der Waals surface area (Å²) in [6.45, 7) is 4.39. The molecule has 1 aliphatic carbocycles. The van der Waals surface area contributed by atoms with Gasteiger partial charge in [-0.05, 0) is 44.7 Å². The molecule has 1 amide bonds. The molecular weight excluding hydrogens is 338 g/mol. The predicted octanol–water partition coefficient (Wildman–Crippen LogP) is 2.42. The largest absolute Gasteiger partial charge is 0.481 e. The summed E-state index contributed by atoms with van der Waals surface area (Å²) in [6, 6.07) is 4.31. The van der Waals surface area contributed by atoms with Crippen molar-refractivity contribution in [2.24, 2.45) is 11.3 Å². The van der Waals surface area contributed by atoms with Gasteiger partial charge in [-0.2, -0.15) is 0 Å². The monoisotopic (exact) mass is 361 g/mol. The second-order valence-corrected chi connectivity index (χ2v) is 7.52. The molecule has 8 nitrogen and oxygen atoms in total. The minimum absolute atomic E-state index is 0.00326. The van der Waals surface area contributed by atoms with Gasteiger partial charge in [0.15, 0.2) is 0 Å². The third-order valence-electron chi connectivity index (χ3n) is 5.49. The standard InChI is InChI=1S/C18H23N3O5/c1-11(2)19-16(22)12-5-6-14(15(8-12)21(25)26)20-9-13-4-3-7-18(13,10-20)17(23)24/h5-6,8,11,13H,3-4,7,9-10H2,1-2H3,(H,19,22)(H,23,24)/t13-,18+/m0/s1. The summed E-state index contributed by atoms with van der Waals surface area (Å²) >= 11 is 0. The molecule has 0 aromatic heterocycles. The summed E-state index contributed by atoms with van der Waals surface area (Å²) in [5.74, 6) is -1.18. The van der Waals surface area contributed by atoms with Crippen LogP contribution in [0.1, 0.15) is 43.5 Å². The minimum atomic E-state index is -0.821. The lowest BCUT2D eigenvalue weighted by molar-refractivity contribution is -0.384. The number of carbonyl (C=O) groups is 2. The summed E-state index contributed by atoms with van der Waals surface area (Å²) in [5.41, 5.74) is -0.379. The van der Waals surface area contributed by atoms with Crippen LogP contribution in [0.5, 0.6) is 0 Å². The van der Waals surface area contributed by atoms with E-state index in [0.29, 0.717) is 18.7 Å². The second-order valence-electron chi connectivity index (χ2n) is 7.52.